The Morgan fingerprint density at radius 3 is 2.90 bits per heavy atom. The van der Waals surface area contributed by atoms with Crippen LogP contribution in [0.15, 0.2) is 6.07 Å². The van der Waals surface area contributed by atoms with Crippen molar-refractivity contribution in [2.75, 3.05) is 42.4 Å². The highest BCUT2D eigenvalue weighted by Gasteiger charge is 2.28. The summed E-state index contributed by atoms with van der Waals surface area (Å²) in [5, 5.41) is 6.33. The van der Waals surface area contributed by atoms with Crippen LogP contribution in [-0.4, -0.2) is 56.2 Å². The van der Waals surface area contributed by atoms with Crippen LogP contribution in [0, 0.1) is 6.92 Å². The van der Waals surface area contributed by atoms with Gasteiger partial charge >= 0.3 is 0 Å². The number of hydrogen-bond donors (Lipinski definition) is 2. The lowest BCUT2D eigenvalue weighted by Gasteiger charge is -2.13. The van der Waals surface area contributed by atoms with Gasteiger partial charge < -0.3 is 15.4 Å². The zero-order chi connectivity index (χ0) is 15.3. The van der Waals surface area contributed by atoms with Gasteiger partial charge in [-0.05, 0) is 19.8 Å². The van der Waals surface area contributed by atoms with Gasteiger partial charge in [0.15, 0.2) is 9.84 Å². The molecule has 0 amide bonds. The van der Waals surface area contributed by atoms with Crippen molar-refractivity contribution in [3.8, 4) is 0 Å². The van der Waals surface area contributed by atoms with Gasteiger partial charge in [-0.25, -0.2) is 13.4 Å². The maximum Gasteiger partial charge on any atom is 0.224 e. The first-order valence-corrected chi connectivity index (χ1v) is 8.86. The highest BCUT2D eigenvalue weighted by molar-refractivity contribution is 7.91. The van der Waals surface area contributed by atoms with Crippen molar-refractivity contribution < 1.29 is 13.2 Å². The Hall–Kier alpha value is -1.41. The molecular weight excluding hydrogens is 292 g/mol. The summed E-state index contributed by atoms with van der Waals surface area (Å²) in [6.45, 7) is 3.30. The van der Waals surface area contributed by atoms with Gasteiger partial charge in [0.1, 0.15) is 5.82 Å². The molecule has 1 saturated heterocycles. The van der Waals surface area contributed by atoms with Crippen LogP contribution in [0.2, 0.25) is 0 Å². The van der Waals surface area contributed by atoms with E-state index in [1.54, 1.807) is 7.11 Å². The molecule has 1 aliphatic rings. The van der Waals surface area contributed by atoms with Gasteiger partial charge in [0, 0.05) is 38.1 Å². The van der Waals surface area contributed by atoms with Gasteiger partial charge in [-0.1, -0.05) is 0 Å². The molecule has 2 heterocycles. The van der Waals surface area contributed by atoms with Crippen LogP contribution >= 0.6 is 0 Å². The Balaban J connectivity index is 1.95. The number of ether oxygens (including phenoxy) is 1. The first-order chi connectivity index (χ1) is 9.98. The smallest absolute Gasteiger partial charge is 0.224 e. The van der Waals surface area contributed by atoms with Gasteiger partial charge in [0.05, 0.1) is 11.5 Å². The molecule has 7 nitrogen and oxygen atoms in total. The van der Waals surface area contributed by atoms with Gasteiger partial charge in [-0.15, -0.1) is 0 Å². The molecule has 0 saturated carbocycles. The predicted octanol–water partition coefficient (Wildman–Crippen LogP) is 0.832. The van der Waals surface area contributed by atoms with Gasteiger partial charge in [0.25, 0.3) is 0 Å². The molecule has 1 aromatic rings. The summed E-state index contributed by atoms with van der Waals surface area (Å²) in [4.78, 5) is 8.69. The SMILES string of the molecule is COCCCNc1nc(C)cc(NC2CCS(=O)(=O)C2)n1. The largest absolute Gasteiger partial charge is 0.385 e. The lowest BCUT2D eigenvalue weighted by molar-refractivity contribution is 0.197. The number of methoxy groups -OCH3 is 1. The van der Waals surface area contributed by atoms with Crippen molar-refractivity contribution >= 4 is 21.6 Å². The molecule has 0 aliphatic carbocycles. The van der Waals surface area contributed by atoms with E-state index in [4.69, 9.17) is 4.74 Å². The number of anilines is 2. The van der Waals surface area contributed by atoms with Crippen LogP contribution < -0.4 is 10.6 Å². The highest BCUT2D eigenvalue weighted by Crippen LogP contribution is 2.17. The maximum absolute atomic E-state index is 11.5. The molecule has 21 heavy (non-hydrogen) atoms. The summed E-state index contributed by atoms with van der Waals surface area (Å²) >= 11 is 0. The first kappa shape index (κ1) is 16.0. The third-order valence-corrected chi connectivity index (χ3v) is 5.01. The van der Waals surface area contributed by atoms with E-state index in [0.717, 1.165) is 18.7 Å². The second kappa shape index (κ2) is 7.04. The standard InChI is InChI=1S/C13H22N4O3S/c1-10-8-12(16-11-4-7-21(18,19)9-11)17-13(15-10)14-5-3-6-20-2/h8,11H,3-7,9H2,1-2H3,(H2,14,15,16,17). The molecule has 1 fully saturated rings. The molecule has 2 N–H and O–H groups in total. The van der Waals surface area contributed by atoms with Crippen LogP contribution in [0.25, 0.3) is 0 Å². The van der Waals surface area contributed by atoms with E-state index in [0.29, 0.717) is 24.8 Å². The van der Waals surface area contributed by atoms with Crippen LogP contribution in [0.5, 0.6) is 0 Å². The third kappa shape index (κ3) is 5.13. The van der Waals surface area contributed by atoms with Gasteiger partial charge in [-0.3, -0.25) is 0 Å². The molecule has 0 spiro atoms. The van der Waals surface area contributed by atoms with Crippen LogP contribution in [0.1, 0.15) is 18.5 Å². The second-order valence-electron chi connectivity index (χ2n) is 5.24. The monoisotopic (exact) mass is 314 g/mol. The number of hydrogen-bond acceptors (Lipinski definition) is 7. The summed E-state index contributed by atoms with van der Waals surface area (Å²) < 4.78 is 27.9. The Labute approximate surface area is 125 Å². The minimum absolute atomic E-state index is 0.0642. The lowest BCUT2D eigenvalue weighted by Crippen LogP contribution is -2.22. The summed E-state index contributed by atoms with van der Waals surface area (Å²) in [5.74, 6) is 1.64. The molecule has 1 atom stereocenters. The number of nitrogens with one attached hydrogen (secondary N) is 2. The summed E-state index contributed by atoms with van der Waals surface area (Å²) in [6, 6.07) is 1.76. The van der Waals surface area contributed by atoms with E-state index in [9.17, 15) is 8.42 Å². The minimum atomic E-state index is -2.89. The van der Waals surface area contributed by atoms with Gasteiger partial charge in [0.2, 0.25) is 5.95 Å². The van der Waals surface area contributed by atoms with Crippen molar-refractivity contribution in [3.05, 3.63) is 11.8 Å². The normalized spacial score (nSPS) is 20.4. The van der Waals surface area contributed by atoms with Crippen LogP contribution in [-0.2, 0) is 14.6 Å². The summed E-state index contributed by atoms with van der Waals surface area (Å²) in [6.07, 6.45) is 1.50. The van der Waals surface area contributed by atoms with E-state index in [-0.39, 0.29) is 17.5 Å². The summed E-state index contributed by atoms with van der Waals surface area (Å²) in [5.41, 5.74) is 0.836. The number of aryl methyl sites for hydroxylation is 1. The molecule has 0 aromatic carbocycles. The molecule has 118 valence electrons. The molecule has 0 bridgehead atoms. The maximum atomic E-state index is 11.5. The first-order valence-electron chi connectivity index (χ1n) is 7.04. The zero-order valence-electron chi connectivity index (χ0n) is 12.4. The lowest BCUT2D eigenvalue weighted by atomic mass is 10.2. The molecule has 1 unspecified atom stereocenters. The fraction of sp³-hybridized carbons (Fsp3) is 0.692. The second-order valence-corrected chi connectivity index (χ2v) is 7.46. The van der Waals surface area contributed by atoms with Crippen molar-refractivity contribution in [1.82, 2.24) is 9.97 Å². The Morgan fingerprint density at radius 1 is 1.43 bits per heavy atom. The molecule has 0 radical (unpaired) electrons. The van der Waals surface area contributed by atoms with E-state index in [1.165, 1.54) is 0 Å². The number of rotatable bonds is 7. The van der Waals surface area contributed by atoms with Crippen molar-refractivity contribution in [2.24, 2.45) is 0 Å². The van der Waals surface area contributed by atoms with Crippen LogP contribution in [0.3, 0.4) is 0 Å². The fourth-order valence-corrected chi connectivity index (χ4v) is 3.93. The van der Waals surface area contributed by atoms with Gasteiger partial charge in [-0.2, -0.15) is 4.98 Å². The van der Waals surface area contributed by atoms with Crippen LogP contribution in [0.4, 0.5) is 11.8 Å². The number of aromatic nitrogens is 2. The highest BCUT2D eigenvalue weighted by atomic mass is 32.2. The van der Waals surface area contributed by atoms with Crippen molar-refractivity contribution in [3.63, 3.8) is 0 Å². The summed E-state index contributed by atoms with van der Waals surface area (Å²) in [7, 11) is -1.22. The molecule has 1 aliphatic heterocycles. The Morgan fingerprint density at radius 2 is 2.24 bits per heavy atom. The number of nitrogens with zero attached hydrogens (tertiary/aromatic N) is 2. The average molecular weight is 314 g/mol. The molecular formula is C13H22N4O3S. The fourth-order valence-electron chi connectivity index (χ4n) is 2.26. The van der Waals surface area contributed by atoms with E-state index < -0.39 is 9.84 Å². The molecule has 1 aromatic heterocycles. The third-order valence-electron chi connectivity index (χ3n) is 3.25. The average Bonchev–Trinajstić information content (AvgIpc) is 2.73. The Kier molecular flexibility index (Phi) is 5.35. The molecule has 2 rings (SSSR count). The van der Waals surface area contributed by atoms with E-state index >= 15 is 0 Å². The van der Waals surface area contributed by atoms with E-state index in [1.807, 2.05) is 13.0 Å². The van der Waals surface area contributed by atoms with Crippen molar-refractivity contribution in [2.45, 2.75) is 25.8 Å². The minimum Gasteiger partial charge on any atom is -0.385 e. The van der Waals surface area contributed by atoms with E-state index in [2.05, 4.69) is 20.6 Å². The zero-order valence-corrected chi connectivity index (χ0v) is 13.2. The predicted molar refractivity (Wildman–Crippen MR) is 82.4 cm³/mol. The molecule has 8 heteroatoms. The topological polar surface area (TPSA) is 93.2 Å². The quantitative estimate of drug-likeness (QED) is 0.720. The Bertz CT molecular complexity index is 577. The number of sulfone groups is 1. The van der Waals surface area contributed by atoms with Crippen molar-refractivity contribution in [1.29, 1.82) is 0 Å².